The lowest BCUT2D eigenvalue weighted by molar-refractivity contribution is 0.102. The van der Waals surface area contributed by atoms with Crippen LogP contribution in [0.3, 0.4) is 0 Å². The molecule has 0 fully saturated rings. The molecule has 0 radical (unpaired) electrons. The largest absolute Gasteiger partial charge is 0.322 e. The van der Waals surface area contributed by atoms with Crippen molar-refractivity contribution in [1.82, 2.24) is 14.8 Å². The number of fused-ring (bicyclic) bond motifs is 1. The minimum atomic E-state index is -0.140. The minimum Gasteiger partial charge on any atom is -0.322 e. The van der Waals surface area contributed by atoms with Gasteiger partial charge < -0.3 is 5.32 Å². The third-order valence-corrected chi connectivity index (χ3v) is 4.18. The Balaban J connectivity index is 1.97. The Morgan fingerprint density at radius 2 is 1.83 bits per heavy atom. The summed E-state index contributed by atoms with van der Waals surface area (Å²) in [5.74, 6) is 0.328. The molecule has 0 aliphatic rings. The fourth-order valence-corrected chi connectivity index (χ4v) is 2.90. The lowest BCUT2D eigenvalue weighted by Gasteiger charge is -2.10. The summed E-state index contributed by atoms with van der Waals surface area (Å²) < 4.78 is 1.71. The molecular formula is C19H22N4O. The summed E-state index contributed by atoms with van der Waals surface area (Å²) in [5, 5.41) is 8.17. The lowest BCUT2D eigenvalue weighted by Crippen LogP contribution is -2.13. The predicted molar refractivity (Wildman–Crippen MR) is 96.5 cm³/mol. The van der Waals surface area contributed by atoms with E-state index in [-0.39, 0.29) is 5.91 Å². The number of aryl methyl sites for hydroxylation is 3. The Kier molecular flexibility index (Phi) is 4.09. The molecule has 1 N–H and O–H groups in total. The molecule has 0 spiro atoms. The standard InChI is InChI=1S/C19H22N4O/c1-11(2)14-6-8-15(9-7-14)21-19(24)16-10-12(3)20-18-17(16)13(4)22-23(18)5/h6-11H,1-5H3,(H,21,24). The maximum atomic E-state index is 12.8. The van der Waals surface area contributed by atoms with Gasteiger partial charge in [-0.2, -0.15) is 5.10 Å². The van der Waals surface area contributed by atoms with Gasteiger partial charge in [0.1, 0.15) is 0 Å². The number of carbonyl (C=O) groups excluding carboxylic acids is 1. The van der Waals surface area contributed by atoms with Crippen LogP contribution in [0.25, 0.3) is 11.0 Å². The van der Waals surface area contributed by atoms with Crippen LogP contribution in [0.15, 0.2) is 30.3 Å². The molecule has 124 valence electrons. The van der Waals surface area contributed by atoms with Gasteiger partial charge in [-0.15, -0.1) is 0 Å². The topological polar surface area (TPSA) is 59.8 Å². The maximum absolute atomic E-state index is 12.8. The van der Waals surface area contributed by atoms with Crippen LogP contribution >= 0.6 is 0 Å². The molecule has 0 aliphatic heterocycles. The molecule has 1 amide bonds. The molecule has 3 rings (SSSR count). The van der Waals surface area contributed by atoms with Gasteiger partial charge >= 0.3 is 0 Å². The zero-order valence-electron chi connectivity index (χ0n) is 14.7. The van der Waals surface area contributed by atoms with Crippen molar-refractivity contribution in [1.29, 1.82) is 0 Å². The molecule has 0 saturated heterocycles. The molecular weight excluding hydrogens is 300 g/mol. The minimum absolute atomic E-state index is 0.140. The smallest absolute Gasteiger partial charge is 0.256 e. The van der Waals surface area contributed by atoms with Gasteiger partial charge in [-0.3, -0.25) is 9.48 Å². The normalized spacial score (nSPS) is 11.2. The van der Waals surface area contributed by atoms with Gasteiger partial charge in [-0.1, -0.05) is 26.0 Å². The van der Waals surface area contributed by atoms with Crippen LogP contribution < -0.4 is 5.32 Å². The van der Waals surface area contributed by atoms with Crippen molar-refractivity contribution in [3.8, 4) is 0 Å². The molecule has 0 saturated carbocycles. The van der Waals surface area contributed by atoms with E-state index in [1.165, 1.54) is 5.56 Å². The van der Waals surface area contributed by atoms with E-state index in [1.807, 2.05) is 51.2 Å². The highest BCUT2D eigenvalue weighted by Gasteiger charge is 2.17. The van der Waals surface area contributed by atoms with Crippen molar-refractivity contribution in [2.24, 2.45) is 7.05 Å². The predicted octanol–water partition coefficient (Wildman–Crippen LogP) is 3.96. The molecule has 0 atom stereocenters. The Hall–Kier alpha value is -2.69. The number of nitrogens with one attached hydrogen (secondary N) is 1. The first-order valence-corrected chi connectivity index (χ1v) is 8.09. The van der Waals surface area contributed by atoms with Crippen LogP contribution in [0.2, 0.25) is 0 Å². The van der Waals surface area contributed by atoms with Crippen LogP contribution in [0.1, 0.15) is 47.1 Å². The average molecular weight is 322 g/mol. The van der Waals surface area contributed by atoms with Crippen molar-refractivity contribution in [2.75, 3.05) is 5.32 Å². The Morgan fingerprint density at radius 3 is 2.46 bits per heavy atom. The summed E-state index contributed by atoms with van der Waals surface area (Å²) in [5.41, 5.74) is 4.97. The molecule has 0 unspecified atom stereocenters. The van der Waals surface area contributed by atoms with E-state index in [1.54, 1.807) is 4.68 Å². The first kappa shape index (κ1) is 16.2. The van der Waals surface area contributed by atoms with Crippen molar-refractivity contribution < 1.29 is 4.79 Å². The van der Waals surface area contributed by atoms with E-state index in [4.69, 9.17) is 0 Å². The van der Waals surface area contributed by atoms with Crippen LogP contribution in [0.4, 0.5) is 5.69 Å². The summed E-state index contributed by atoms with van der Waals surface area (Å²) in [6.07, 6.45) is 0. The van der Waals surface area contributed by atoms with Gasteiger partial charge in [0.15, 0.2) is 5.65 Å². The highest BCUT2D eigenvalue weighted by atomic mass is 16.1. The number of carbonyl (C=O) groups is 1. The summed E-state index contributed by atoms with van der Waals surface area (Å²) in [7, 11) is 1.84. The number of pyridine rings is 1. The van der Waals surface area contributed by atoms with E-state index in [2.05, 4.69) is 29.2 Å². The first-order chi connectivity index (χ1) is 11.4. The molecule has 2 aromatic heterocycles. The molecule has 3 aromatic rings. The second-order valence-corrected chi connectivity index (χ2v) is 6.45. The molecule has 5 heteroatoms. The number of anilines is 1. The van der Waals surface area contributed by atoms with Crippen LogP contribution in [-0.2, 0) is 7.05 Å². The quantitative estimate of drug-likeness (QED) is 0.794. The second-order valence-electron chi connectivity index (χ2n) is 6.45. The number of hydrogen-bond acceptors (Lipinski definition) is 3. The van der Waals surface area contributed by atoms with E-state index in [0.717, 1.165) is 28.1 Å². The van der Waals surface area contributed by atoms with Gasteiger partial charge in [-0.05, 0) is 43.5 Å². The fourth-order valence-electron chi connectivity index (χ4n) is 2.90. The van der Waals surface area contributed by atoms with Gasteiger partial charge in [0, 0.05) is 18.4 Å². The van der Waals surface area contributed by atoms with Gasteiger partial charge in [-0.25, -0.2) is 4.98 Å². The van der Waals surface area contributed by atoms with Crippen LogP contribution in [0.5, 0.6) is 0 Å². The van der Waals surface area contributed by atoms with Crippen LogP contribution in [-0.4, -0.2) is 20.7 Å². The van der Waals surface area contributed by atoms with E-state index in [0.29, 0.717) is 11.5 Å². The van der Waals surface area contributed by atoms with E-state index < -0.39 is 0 Å². The summed E-state index contributed by atoms with van der Waals surface area (Å²) in [6, 6.07) is 9.78. The van der Waals surface area contributed by atoms with Crippen molar-refractivity contribution >= 4 is 22.6 Å². The maximum Gasteiger partial charge on any atom is 0.256 e. The fraction of sp³-hybridized carbons (Fsp3) is 0.316. The summed E-state index contributed by atoms with van der Waals surface area (Å²) in [6.45, 7) is 8.08. The average Bonchev–Trinajstić information content (AvgIpc) is 2.81. The number of aromatic nitrogens is 3. The Labute approximate surface area is 141 Å². The zero-order chi connectivity index (χ0) is 17.4. The number of hydrogen-bond donors (Lipinski definition) is 1. The van der Waals surface area contributed by atoms with Gasteiger partial charge in [0.2, 0.25) is 0 Å². The third kappa shape index (κ3) is 2.89. The highest BCUT2D eigenvalue weighted by molar-refractivity contribution is 6.12. The molecule has 1 aromatic carbocycles. The van der Waals surface area contributed by atoms with Crippen LogP contribution in [0, 0.1) is 13.8 Å². The van der Waals surface area contributed by atoms with Gasteiger partial charge in [0.05, 0.1) is 16.6 Å². The number of benzene rings is 1. The first-order valence-electron chi connectivity index (χ1n) is 8.09. The summed E-state index contributed by atoms with van der Waals surface area (Å²) in [4.78, 5) is 17.3. The van der Waals surface area contributed by atoms with Crippen molar-refractivity contribution in [3.63, 3.8) is 0 Å². The molecule has 2 heterocycles. The Morgan fingerprint density at radius 1 is 1.17 bits per heavy atom. The molecule has 5 nitrogen and oxygen atoms in total. The second kappa shape index (κ2) is 6.07. The van der Waals surface area contributed by atoms with Crippen molar-refractivity contribution in [2.45, 2.75) is 33.6 Å². The highest BCUT2D eigenvalue weighted by Crippen LogP contribution is 2.23. The number of rotatable bonds is 3. The molecule has 0 bridgehead atoms. The Bertz CT molecular complexity index is 907. The number of nitrogens with zero attached hydrogens (tertiary/aromatic N) is 3. The monoisotopic (exact) mass is 322 g/mol. The zero-order valence-corrected chi connectivity index (χ0v) is 14.7. The van der Waals surface area contributed by atoms with Gasteiger partial charge in [0.25, 0.3) is 5.91 Å². The lowest BCUT2D eigenvalue weighted by atomic mass is 10.0. The molecule has 0 aliphatic carbocycles. The van der Waals surface area contributed by atoms with Crippen molar-refractivity contribution in [3.05, 3.63) is 52.8 Å². The van der Waals surface area contributed by atoms with E-state index in [9.17, 15) is 4.79 Å². The molecule has 24 heavy (non-hydrogen) atoms. The third-order valence-electron chi connectivity index (χ3n) is 4.18. The summed E-state index contributed by atoms with van der Waals surface area (Å²) >= 11 is 0. The van der Waals surface area contributed by atoms with E-state index >= 15 is 0 Å². The number of amides is 1. The SMILES string of the molecule is Cc1cc(C(=O)Nc2ccc(C(C)C)cc2)c2c(C)nn(C)c2n1.